The zero-order valence-electron chi connectivity index (χ0n) is 10.4. The molecule has 0 aromatic heterocycles. The van der Waals surface area contributed by atoms with E-state index in [1.807, 2.05) is 42.5 Å². The van der Waals surface area contributed by atoms with Gasteiger partial charge in [-0.25, -0.2) is 0 Å². The quantitative estimate of drug-likeness (QED) is 0.835. The number of nitrogens with zero attached hydrogens (tertiary/aromatic N) is 1. The molecule has 0 spiro atoms. The summed E-state index contributed by atoms with van der Waals surface area (Å²) in [5, 5.41) is 12.7. The predicted octanol–water partition coefficient (Wildman–Crippen LogP) is 3.60. The molecule has 2 rings (SSSR count). The molecular weight excluding hydrogens is 258 g/mol. The lowest BCUT2D eigenvalue weighted by Gasteiger charge is -2.09. The SMILES string of the molecule is N#CCc1cc(NCc2cccc(Cl)c2)ccc1N. The van der Waals surface area contributed by atoms with Crippen LogP contribution >= 0.6 is 11.6 Å². The molecule has 0 saturated carbocycles. The van der Waals surface area contributed by atoms with Crippen molar-refractivity contribution in [2.24, 2.45) is 0 Å². The standard InChI is InChI=1S/C15H14ClN3/c16-13-3-1-2-11(8-13)10-19-14-4-5-15(18)12(9-14)6-7-17/h1-5,8-9,19H,6,10,18H2. The minimum atomic E-state index is 0.318. The fourth-order valence-corrected chi connectivity index (χ4v) is 2.02. The molecule has 19 heavy (non-hydrogen) atoms. The van der Waals surface area contributed by atoms with Crippen LogP contribution in [0.3, 0.4) is 0 Å². The van der Waals surface area contributed by atoms with Gasteiger partial charge in [0.2, 0.25) is 0 Å². The molecule has 0 bridgehead atoms. The molecule has 0 aliphatic heterocycles. The Hall–Kier alpha value is -2.18. The van der Waals surface area contributed by atoms with E-state index in [4.69, 9.17) is 22.6 Å². The van der Waals surface area contributed by atoms with Crippen molar-refractivity contribution in [1.29, 1.82) is 5.26 Å². The maximum Gasteiger partial charge on any atom is 0.0670 e. The number of anilines is 2. The average molecular weight is 272 g/mol. The Bertz CT molecular complexity index is 617. The number of nitrogens with one attached hydrogen (secondary N) is 1. The molecule has 3 nitrogen and oxygen atoms in total. The van der Waals surface area contributed by atoms with Gasteiger partial charge >= 0.3 is 0 Å². The fourth-order valence-electron chi connectivity index (χ4n) is 1.81. The molecule has 0 aliphatic carbocycles. The van der Waals surface area contributed by atoms with Gasteiger partial charge in [-0.15, -0.1) is 0 Å². The average Bonchev–Trinajstić information content (AvgIpc) is 2.40. The first-order valence-electron chi connectivity index (χ1n) is 5.92. The second kappa shape index (κ2) is 6.12. The molecule has 3 N–H and O–H groups in total. The molecule has 4 heteroatoms. The van der Waals surface area contributed by atoms with Crippen LogP contribution < -0.4 is 11.1 Å². The summed E-state index contributed by atoms with van der Waals surface area (Å²) in [6.07, 6.45) is 0.318. The molecule has 0 heterocycles. The Morgan fingerprint density at radius 1 is 1.21 bits per heavy atom. The fraction of sp³-hybridized carbons (Fsp3) is 0.133. The van der Waals surface area contributed by atoms with Crippen molar-refractivity contribution < 1.29 is 0 Å². The number of nitrogen functional groups attached to an aromatic ring is 1. The summed E-state index contributed by atoms with van der Waals surface area (Å²) in [5.74, 6) is 0. The third kappa shape index (κ3) is 3.64. The molecule has 0 atom stereocenters. The molecule has 96 valence electrons. The smallest absolute Gasteiger partial charge is 0.0670 e. The van der Waals surface area contributed by atoms with Crippen LogP contribution in [0.2, 0.25) is 5.02 Å². The van der Waals surface area contributed by atoms with E-state index >= 15 is 0 Å². The zero-order chi connectivity index (χ0) is 13.7. The molecule has 0 aliphatic rings. The van der Waals surface area contributed by atoms with Gasteiger partial charge in [0, 0.05) is 22.9 Å². The highest BCUT2D eigenvalue weighted by atomic mass is 35.5. The topological polar surface area (TPSA) is 61.8 Å². The Labute approximate surface area is 117 Å². The van der Waals surface area contributed by atoms with Crippen LogP contribution in [0.15, 0.2) is 42.5 Å². The normalized spacial score (nSPS) is 9.89. The third-order valence-corrected chi connectivity index (χ3v) is 3.03. The second-order valence-corrected chi connectivity index (χ2v) is 4.67. The highest BCUT2D eigenvalue weighted by Crippen LogP contribution is 2.19. The Kier molecular flexibility index (Phi) is 4.27. The molecule has 0 amide bonds. The lowest BCUT2D eigenvalue weighted by Crippen LogP contribution is -2.01. The van der Waals surface area contributed by atoms with E-state index in [0.717, 1.165) is 21.8 Å². The Balaban J connectivity index is 2.08. The van der Waals surface area contributed by atoms with Gasteiger partial charge < -0.3 is 11.1 Å². The molecule has 0 saturated heterocycles. The highest BCUT2D eigenvalue weighted by molar-refractivity contribution is 6.30. The monoisotopic (exact) mass is 271 g/mol. The summed E-state index contributed by atoms with van der Waals surface area (Å²) >= 11 is 5.93. The number of hydrogen-bond donors (Lipinski definition) is 2. The summed E-state index contributed by atoms with van der Waals surface area (Å²) in [6, 6.07) is 15.4. The van der Waals surface area contributed by atoms with E-state index in [-0.39, 0.29) is 0 Å². The number of benzene rings is 2. The Morgan fingerprint density at radius 2 is 2.05 bits per heavy atom. The van der Waals surface area contributed by atoms with Crippen LogP contribution in [0.4, 0.5) is 11.4 Å². The number of halogens is 1. The second-order valence-electron chi connectivity index (χ2n) is 4.23. The van der Waals surface area contributed by atoms with Crippen molar-refractivity contribution in [3.8, 4) is 6.07 Å². The van der Waals surface area contributed by atoms with Gasteiger partial charge in [0.15, 0.2) is 0 Å². The van der Waals surface area contributed by atoms with Crippen molar-refractivity contribution in [3.05, 3.63) is 58.6 Å². The van der Waals surface area contributed by atoms with E-state index in [9.17, 15) is 0 Å². The number of nitriles is 1. The minimum absolute atomic E-state index is 0.318. The molecule has 2 aromatic carbocycles. The summed E-state index contributed by atoms with van der Waals surface area (Å²) in [6.45, 7) is 0.677. The lowest BCUT2D eigenvalue weighted by atomic mass is 10.1. The van der Waals surface area contributed by atoms with Crippen molar-refractivity contribution in [2.45, 2.75) is 13.0 Å². The molecule has 0 unspecified atom stereocenters. The number of hydrogen-bond acceptors (Lipinski definition) is 3. The first-order valence-corrected chi connectivity index (χ1v) is 6.30. The molecule has 2 aromatic rings. The minimum Gasteiger partial charge on any atom is -0.398 e. The van der Waals surface area contributed by atoms with Crippen molar-refractivity contribution in [3.63, 3.8) is 0 Å². The summed E-state index contributed by atoms with van der Waals surface area (Å²) in [4.78, 5) is 0. The van der Waals surface area contributed by atoms with Crippen LogP contribution in [0.25, 0.3) is 0 Å². The molecule has 0 radical (unpaired) electrons. The predicted molar refractivity (Wildman–Crippen MR) is 79.0 cm³/mol. The van der Waals surface area contributed by atoms with E-state index in [0.29, 0.717) is 18.7 Å². The van der Waals surface area contributed by atoms with Crippen LogP contribution in [-0.2, 0) is 13.0 Å². The zero-order valence-corrected chi connectivity index (χ0v) is 11.1. The maximum absolute atomic E-state index is 8.73. The maximum atomic E-state index is 8.73. The van der Waals surface area contributed by atoms with Crippen LogP contribution in [0, 0.1) is 11.3 Å². The Morgan fingerprint density at radius 3 is 2.79 bits per heavy atom. The van der Waals surface area contributed by atoms with Gasteiger partial charge in [-0.1, -0.05) is 23.7 Å². The first kappa shape index (κ1) is 13.3. The van der Waals surface area contributed by atoms with Crippen LogP contribution in [0.1, 0.15) is 11.1 Å². The van der Waals surface area contributed by atoms with Gasteiger partial charge in [0.1, 0.15) is 0 Å². The van der Waals surface area contributed by atoms with Gasteiger partial charge in [0.05, 0.1) is 12.5 Å². The van der Waals surface area contributed by atoms with Gasteiger partial charge in [-0.3, -0.25) is 0 Å². The number of rotatable bonds is 4. The summed E-state index contributed by atoms with van der Waals surface area (Å²) in [7, 11) is 0. The van der Waals surface area contributed by atoms with E-state index in [1.54, 1.807) is 0 Å². The van der Waals surface area contributed by atoms with E-state index in [2.05, 4.69) is 11.4 Å². The summed E-state index contributed by atoms with van der Waals surface area (Å²) < 4.78 is 0. The molecular formula is C15H14ClN3. The largest absolute Gasteiger partial charge is 0.398 e. The highest BCUT2D eigenvalue weighted by Gasteiger charge is 2.01. The van der Waals surface area contributed by atoms with Gasteiger partial charge in [0.25, 0.3) is 0 Å². The van der Waals surface area contributed by atoms with E-state index < -0.39 is 0 Å². The van der Waals surface area contributed by atoms with Crippen molar-refractivity contribution in [1.82, 2.24) is 0 Å². The number of nitrogens with two attached hydrogens (primary N) is 1. The molecule has 0 fully saturated rings. The van der Waals surface area contributed by atoms with Crippen molar-refractivity contribution >= 4 is 23.0 Å². The van der Waals surface area contributed by atoms with E-state index in [1.165, 1.54) is 0 Å². The van der Waals surface area contributed by atoms with Crippen molar-refractivity contribution in [2.75, 3.05) is 11.1 Å². The lowest BCUT2D eigenvalue weighted by molar-refractivity contribution is 1.14. The summed E-state index contributed by atoms with van der Waals surface area (Å²) in [5.41, 5.74) is 9.35. The van der Waals surface area contributed by atoms with Crippen LogP contribution in [-0.4, -0.2) is 0 Å². The first-order chi connectivity index (χ1) is 9.19. The third-order valence-electron chi connectivity index (χ3n) is 2.80. The van der Waals surface area contributed by atoms with Crippen LogP contribution in [0.5, 0.6) is 0 Å². The van der Waals surface area contributed by atoms with Gasteiger partial charge in [-0.2, -0.15) is 5.26 Å². The van der Waals surface area contributed by atoms with Gasteiger partial charge in [-0.05, 0) is 41.5 Å².